The summed E-state index contributed by atoms with van der Waals surface area (Å²) in [7, 11) is 0. The monoisotopic (exact) mass is 154 g/mol. The van der Waals surface area contributed by atoms with Crippen molar-refractivity contribution in [3.05, 3.63) is 12.2 Å². The Morgan fingerprint density at radius 3 is 2.45 bits per heavy atom. The van der Waals surface area contributed by atoms with Crippen LogP contribution in [0.5, 0.6) is 0 Å². The average molecular weight is 154 g/mol. The molecule has 0 aliphatic rings. The third kappa shape index (κ3) is 6.15. The minimum atomic E-state index is 0.833. The summed E-state index contributed by atoms with van der Waals surface area (Å²) in [6.07, 6.45) is 6.36. The van der Waals surface area contributed by atoms with Crippen LogP contribution in [0.25, 0.3) is 0 Å². The molecule has 0 aliphatic carbocycles. The van der Waals surface area contributed by atoms with Gasteiger partial charge in [0.2, 0.25) is 0 Å². The molecule has 0 N–H and O–H groups in total. The van der Waals surface area contributed by atoms with Gasteiger partial charge in [0, 0.05) is 0 Å². The van der Waals surface area contributed by atoms with Gasteiger partial charge < -0.3 is 0 Å². The Hall–Kier alpha value is -0.260. The molecule has 0 aromatic heterocycles. The molecule has 0 aliphatic heterocycles. The zero-order valence-corrected chi connectivity index (χ0v) is 8.32. The highest BCUT2D eigenvalue weighted by atomic mass is 14.1. The van der Waals surface area contributed by atoms with Gasteiger partial charge in [0.05, 0.1) is 0 Å². The Balaban J connectivity index is 3.36. The van der Waals surface area contributed by atoms with Gasteiger partial charge in [-0.05, 0) is 25.2 Å². The Morgan fingerprint density at radius 2 is 2.00 bits per heavy atom. The van der Waals surface area contributed by atoms with Crippen LogP contribution in [-0.2, 0) is 0 Å². The first-order valence-electron chi connectivity index (χ1n) is 4.87. The molecule has 66 valence electrons. The van der Waals surface area contributed by atoms with Crippen molar-refractivity contribution < 1.29 is 0 Å². The molecule has 1 atom stereocenters. The molecule has 0 aromatic carbocycles. The lowest BCUT2D eigenvalue weighted by molar-refractivity contribution is 0.544. The molecule has 0 fully saturated rings. The first-order valence-corrected chi connectivity index (χ1v) is 4.87. The summed E-state index contributed by atoms with van der Waals surface area (Å²) in [4.78, 5) is 0. The van der Waals surface area contributed by atoms with E-state index in [0.717, 1.165) is 5.92 Å². The molecule has 0 bridgehead atoms. The van der Waals surface area contributed by atoms with Crippen LogP contribution in [0.4, 0.5) is 0 Å². The lowest BCUT2D eigenvalue weighted by Crippen LogP contribution is -1.94. The van der Waals surface area contributed by atoms with Crippen molar-refractivity contribution in [2.24, 2.45) is 5.92 Å². The fourth-order valence-corrected chi connectivity index (χ4v) is 1.17. The van der Waals surface area contributed by atoms with Gasteiger partial charge in [-0.3, -0.25) is 0 Å². The lowest BCUT2D eigenvalue weighted by Gasteiger charge is -2.09. The molecular formula is C11H22. The van der Waals surface area contributed by atoms with Crippen LogP contribution in [0.15, 0.2) is 12.2 Å². The molecule has 0 rings (SSSR count). The van der Waals surface area contributed by atoms with Gasteiger partial charge in [-0.2, -0.15) is 0 Å². The smallest absolute Gasteiger partial charge is 0.0297 e. The number of allylic oxidation sites excluding steroid dienone is 1. The predicted octanol–water partition coefficient (Wildman–Crippen LogP) is 4.17. The Morgan fingerprint density at radius 1 is 1.36 bits per heavy atom. The molecule has 1 unspecified atom stereocenters. The van der Waals surface area contributed by atoms with E-state index in [2.05, 4.69) is 27.4 Å². The summed E-state index contributed by atoms with van der Waals surface area (Å²) in [5.41, 5.74) is 1.45. The third-order valence-corrected chi connectivity index (χ3v) is 2.22. The fraction of sp³-hybridized carbons (Fsp3) is 0.818. The number of unbranched alkanes of at least 4 members (excludes halogenated alkanes) is 1. The highest BCUT2D eigenvalue weighted by molar-refractivity contribution is 4.94. The van der Waals surface area contributed by atoms with E-state index in [0.29, 0.717) is 0 Å². The van der Waals surface area contributed by atoms with Gasteiger partial charge in [-0.1, -0.05) is 45.8 Å². The lowest BCUT2D eigenvalue weighted by atomic mass is 9.97. The molecule has 0 amide bonds. The summed E-state index contributed by atoms with van der Waals surface area (Å²) in [6.45, 7) is 10.9. The van der Waals surface area contributed by atoms with Crippen molar-refractivity contribution in [3.8, 4) is 0 Å². The van der Waals surface area contributed by atoms with Crippen molar-refractivity contribution >= 4 is 0 Å². The van der Waals surface area contributed by atoms with E-state index >= 15 is 0 Å². The van der Waals surface area contributed by atoms with Crippen molar-refractivity contribution in [2.75, 3.05) is 0 Å². The molecule has 0 saturated heterocycles. The van der Waals surface area contributed by atoms with Crippen molar-refractivity contribution in [3.63, 3.8) is 0 Å². The quantitative estimate of drug-likeness (QED) is 0.504. The molecule has 0 saturated carbocycles. The first kappa shape index (κ1) is 10.7. The van der Waals surface area contributed by atoms with Crippen molar-refractivity contribution in [1.29, 1.82) is 0 Å². The third-order valence-electron chi connectivity index (χ3n) is 2.22. The van der Waals surface area contributed by atoms with Crippen LogP contribution in [0, 0.1) is 5.92 Å². The molecule has 11 heavy (non-hydrogen) atoms. The number of rotatable bonds is 6. The summed E-state index contributed by atoms with van der Waals surface area (Å²) in [6, 6.07) is 0. The zero-order chi connectivity index (χ0) is 8.69. The second-order valence-electron chi connectivity index (χ2n) is 3.57. The number of hydrogen-bond acceptors (Lipinski definition) is 0. The van der Waals surface area contributed by atoms with Gasteiger partial charge in [0.25, 0.3) is 0 Å². The summed E-state index contributed by atoms with van der Waals surface area (Å²) >= 11 is 0. The average Bonchev–Trinajstić information content (AvgIpc) is 2.00. The normalized spacial score (nSPS) is 13.0. The molecule has 0 spiro atoms. The van der Waals surface area contributed by atoms with Gasteiger partial charge >= 0.3 is 0 Å². The van der Waals surface area contributed by atoms with E-state index in [4.69, 9.17) is 0 Å². The fourth-order valence-electron chi connectivity index (χ4n) is 1.17. The van der Waals surface area contributed by atoms with Crippen molar-refractivity contribution in [1.82, 2.24) is 0 Å². The second kappa shape index (κ2) is 6.45. The van der Waals surface area contributed by atoms with E-state index < -0.39 is 0 Å². The van der Waals surface area contributed by atoms with Gasteiger partial charge in [0.1, 0.15) is 0 Å². The van der Waals surface area contributed by atoms with Crippen LogP contribution in [0.1, 0.15) is 52.9 Å². The number of hydrogen-bond donors (Lipinski definition) is 0. The Kier molecular flexibility index (Phi) is 6.30. The minimum Gasteiger partial charge on any atom is -0.0999 e. The largest absolute Gasteiger partial charge is 0.0999 e. The highest BCUT2D eigenvalue weighted by Gasteiger charge is 2.00. The van der Waals surface area contributed by atoms with Crippen LogP contribution < -0.4 is 0 Å². The second-order valence-corrected chi connectivity index (χ2v) is 3.57. The molecule has 0 heterocycles. The summed E-state index contributed by atoms with van der Waals surface area (Å²) < 4.78 is 0. The van der Waals surface area contributed by atoms with Crippen LogP contribution in [0.3, 0.4) is 0 Å². The summed E-state index contributed by atoms with van der Waals surface area (Å²) in [5, 5.41) is 0. The highest BCUT2D eigenvalue weighted by Crippen LogP contribution is 2.17. The van der Waals surface area contributed by atoms with Crippen LogP contribution in [0.2, 0.25) is 0 Å². The van der Waals surface area contributed by atoms with Gasteiger partial charge in [-0.25, -0.2) is 0 Å². The molecule has 0 heteroatoms. The van der Waals surface area contributed by atoms with E-state index in [1.165, 1.54) is 37.7 Å². The SMILES string of the molecule is C=C(CCCC)CC(C)CC. The van der Waals surface area contributed by atoms with Crippen LogP contribution in [-0.4, -0.2) is 0 Å². The first-order chi connectivity index (χ1) is 5.20. The van der Waals surface area contributed by atoms with E-state index in [-0.39, 0.29) is 0 Å². The topological polar surface area (TPSA) is 0 Å². The minimum absolute atomic E-state index is 0.833. The van der Waals surface area contributed by atoms with Crippen LogP contribution >= 0.6 is 0 Å². The molecule has 0 aromatic rings. The maximum absolute atomic E-state index is 4.08. The maximum atomic E-state index is 4.08. The van der Waals surface area contributed by atoms with Gasteiger partial charge in [-0.15, -0.1) is 0 Å². The van der Waals surface area contributed by atoms with Crippen molar-refractivity contribution in [2.45, 2.75) is 52.9 Å². The predicted molar refractivity (Wildman–Crippen MR) is 52.7 cm³/mol. The van der Waals surface area contributed by atoms with E-state index in [1.54, 1.807) is 0 Å². The molecule has 0 nitrogen and oxygen atoms in total. The van der Waals surface area contributed by atoms with E-state index in [1.807, 2.05) is 0 Å². The molecule has 0 radical (unpaired) electrons. The molecular weight excluding hydrogens is 132 g/mol. The Labute approximate surface area is 71.7 Å². The van der Waals surface area contributed by atoms with Gasteiger partial charge in [0.15, 0.2) is 0 Å². The Bertz CT molecular complexity index is 103. The summed E-state index contributed by atoms with van der Waals surface area (Å²) in [5.74, 6) is 0.833. The maximum Gasteiger partial charge on any atom is -0.0297 e. The zero-order valence-electron chi connectivity index (χ0n) is 8.32. The standard InChI is InChI=1S/C11H22/c1-5-7-8-11(4)9-10(3)6-2/h10H,4-9H2,1-3H3. The van der Waals surface area contributed by atoms with E-state index in [9.17, 15) is 0 Å².